The predicted octanol–water partition coefficient (Wildman–Crippen LogP) is 0.870. The van der Waals surface area contributed by atoms with E-state index in [-0.39, 0.29) is 22.3 Å². The molecule has 0 unspecified atom stereocenters. The van der Waals surface area contributed by atoms with Crippen LogP contribution in [0.3, 0.4) is 0 Å². The number of hydrogen-bond acceptors (Lipinski definition) is 3. The summed E-state index contributed by atoms with van der Waals surface area (Å²) in [6.07, 6.45) is 0. The maximum absolute atomic E-state index is 10.1. The van der Waals surface area contributed by atoms with Gasteiger partial charge in [-0.05, 0) is 0 Å². The molecule has 2 aromatic carbocycles. The molecule has 1 N–H and O–H groups in total. The fourth-order valence-corrected chi connectivity index (χ4v) is 1.03. The van der Waals surface area contributed by atoms with Crippen LogP contribution in [0.1, 0.15) is 20.7 Å². The Morgan fingerprint density at radius 2 is 1.24 bits per heavy atom. The van der Waals surface area contributed by atoms with Crippen molar-refractivity contribution in [3.63, 3.8) is 0 Å². The first-order valence-electron chi connectivity index (χ1n) is 4.49. The summed E-state index contributed by atoms with van der Waals surface area (Å²) in [6, 6.07) is 12.8. The molecule has 0 aliphatic carbocycles. The molecular formula is C12H9CoO4-3. The number of carbonyl (C=O) groups is 2. The molecule has 17 heavy (non-hydrogen) atoms. The van der Waals surface area contributed by atoms with Gasteiger partial charge in [0.1, 0.15) is 0 Å². The van der Waals surface area contributed by atoms with E-state index in [9.17, 15) is 14.7 Å². The van der Waals surface area contributed by atoms with E-state index in [1.165, 1.54) is 12.1 Å². The molecular weight excluding hydrogens is 267 g/mol. The molecule has 4 nitrogen and oxygen atoms in total. The molecule has 0 aliphatic rings. The summed E-state index contributed by atoms with van der Waals surface area (Å²) in [4.78, 5) is 20.0. The second-order valence-electron chi connectivity index (χ2n) is 2.94. The fourth-order valence-electron chi connectivity index (χ4n) is 1.03. The summed E-state index contributed by atoms with van der Waals surface area (Å²) in [5, 5.41) is 18.2. The topological polar surface area (TPSA) is 77.4 Å². The van der Waals surface area contributed by atoms with Crippen molar-refractivity contribution >= 4 is 11.9 Å². The van der Waals surface area contributed by atoms with Crippen LogP contribution in [-0.2, 0) is 16.8 Å². The van der Waals surface area contributed by atoms with Gasteiger partial charge in [0, 0.05) is 22.7 Å². The molecule has 0 fully saturated rings. The third kappa shape index (κ3) is 5.14. The molecule has 0 aliphatic heterocycles. The molecule has 0 bridgehead atoms. The number of rotatable bonds is 2. The third-order valence-electron chi connectivity index (χ3n) is 1.81. The second-order valence-corrected chi connectivity index (χ2v) is 2.94. The van der Waals surface area contributed by atoms with Crippen molar-refractivity contribution in [1.29, 1.82) is 0 Å². The number of carboxylic acid groups (broad SMARTS) is 2. The smallest absolute Gasteiger partial charge is 0.278 e. The largest absolute Gasteiger partial charge is 0.559 e. The summed E-state index contributed by atoms with van der Waals surface area (Å²) < 4.78 is 0. The Bertz CT molecular complexity index is 399. The molecule has 0 aromatic heterocycles. The minimum Gasteiger partial charge on any atom is -0.559 e. The van der Waals surface area contributed by atoms with Gasteiger partial charge in [-0.25, -0.2) is 24.3 Å². The Hall–Kier alpha value is -1.85. The Morgan fingerprint density at radius 1 is 0.882 bits per heavy atom. The predicted molar refractivity (Wildman–Crippen MR) is 55.4 cm³/mol. The van der Waals surface area contributed by atoms with Gasteiger partial charge in [0.05, 0.1) is 0 Å². The SMILES string of the molecule is O=C(O)[c-]1cccc1.O=C([O-])[c-]1cccc1.[Co]. The van der Waals surface area contributed by atoms with E-state index in [1.54, 1.807) is 36.4 Å². The first kappa shape index (κ1) is 15.1. The molecule has 0 saturated heterocycles. The molecule has 0 spiro atoms. The zero-order chi connectivity index (χ0) is 12.0. The van der Waals surface area contributed by atoms with E-state index in [0.29, 0.717) is 5.56 Å². The average Bonchev–Trinajstić information content (AvgIpc) is 2.93. The van der Waals surface area contributed by atoms with Gasteiger partial charge >= 0.3 is 0 Å². The Morgan fingerprint density at radius 3 is 1.41 bits per heavy atom. The van der Waals surface area contributed by atoms with Crippen LogP contribution in [0.4, 0.5) is 0 Å². The summed E-state index contributed by atoms with van der Waals surface area (Å²) in [6.45, 7) is 0. The summed E-state index contributed by atoms with van der Waals surface area (Å²) >= 11 is 0. The Labute approximate surface area is 108 Å². The van der Waals surface area contributed by atoms with Crippen LogP contribution in [0.5, 0.6) is 0 Å². The van der Waals surface area contributed by atoms with Crippen molar-refractivity contribution in [2.24, 2.45) is 0 Å². The number of hydrogen-bond donors (Lipinski definition) is 1. The van der Waals surface area contributed by atoms with Crippen molar-refractivity contribution in [2.45, 2.75) is 0 Å². The van der Waals surface area contributed by atoms with Crippen LogP contribution in [0, 0.1) is 0 Å². The Kier molecular flexibility index (Phi) is 6.62. The standard InChI is InChI=1S/2C6H5O2.Co/c2*7-6(8)5-3-1-2-4-5;/h2*1-4H,(H,7,8);/q2*-1;/p-1. The number of carboxylic acids is 2. The number of carbonyl (C=O) groups excluding carboxylic acids is 1. The van der Waals surface area contributed by atoms with Gasteiger partial charge in [-0.15, -0.1) is 5.56 Å². The number of aromatic carboxylic acids is 2. The van der Waals surface area contributed by atoms with Crippen molar-refractivity contribution in [2.75, 3.05) is 0 Å². The Balaban J connectivity index is 0.000000284. The van der Waals surface area contributed by atoms with Gasteiger partial charge in [-0.2, -0.15) is 24.3 Å². The zero-order valence-electron chi connectivity index (χ0n) is 8.62. The monoisotopic (exact) mass is 276 g/mol. The molecule has 0 saturated carbocycles. The summed E-state index contributed by atoms with van der Waals surface area (Å²) in [7, 11) is 0. The van der Waals surface area contributed by atoms with E-state index in [1.807, 2.05) is 0 Å². The maximum Gasteiger partial charge on any atom is 0.278 e. The average molecular weight is 276 g/mol. The first-order valence-corrected chi connectivity index (χ1v) is 4.49. The minimum absolute atomic E-state index is 0. The molecule has 0 atom stereocenters. The molecule has 0 heterocycles. The summed E-state index contributed by atoms with van der Waals surface area (Å²) in [5.74, 6) is -1.98. The maximum atomic E-state index is 10.1. The van der Waals surface area contributed by atoms with Gasteiger partial charge in [0.2, 0.25) is 0 Å². The fraction of sp³-hybridized carbons (Fsp3) is 0. The van der Waals surface area contributed by atoms with Crippen molar-refractivity contribution in [1.82, 2.24) is 0 Å². The molecule has 1 radical (unpaired) electrons. The zero-order valence-corrected chi connectivity index (χ0v) is 9.67. The van der Waals surface area contributed by atoms with Crippen LogP contribution >= 0.6 is 0 Å². The van der Waals surface area contributed by atoms with Crippen LogP contribution in [0.2, 0.25) is 0 Å². The van der Waals surface area contributed by atoms with E-state index < -0.39 is 11.9 Å². The van der Waals surface area contributed by atoms with E-state index in [4.69, 9.17) is 5.11 Å². The van der Waals surface area contributed by atoms with Crippen LogP contribution in [0.15, 0.2) is 48.5 Å². The van der Waals surface area contributed by atoms with E-state index in [2.05, 4.69) is 0 Å². The van der Waals surface area contributed by atoms with Gasteiger partial charge in [0.25, 0.3) is 5.97 Å². The minimum atomic E-state index is -1.12. The second kappa shape index (κ2) is 7.42. The van der Waals surface area contributed by atoms with Crippen molar-refractivity contribution < 1.29 is 36.6 Å². The summed E-state index contributed by atoms with van der Waals surface area (Å²) in [5.41, 5.74) is 0.593. The van der Waals surface area contributed by atoms with Crippen LogP contribution in [-0.4, -0.2) is 17.0 Å². The van der Waals surface area contributed by atoms with Gasteiger partial charge in [-0.1, -0.05) is 5.56 Å². The van der Waals surface area contributed by atoms with Crippen molar-refractivity contribution in [3.05, 3.63) is 59.7 Å². The molecule has 93 valence electrons. The van der Waals surface area contributed by atoms with Gasteiger partial charge in [-0.3, -0.25) is 4.79 Å². The first-order chi connectivity index (χ1) is 7.61. The molecule has 2 rings (SSSR count). The quantitative estimate of drug-likeness (QED) is 0.826. The van der Waals surface area contributed by atoms with Gasteiger partial charge in [0.15, 0.2) is 0 Å². The molecule has 0 amide bonds. The normalized spacial score (nSPS) is 8.47. The molecule has 2 aromatic rings. The third-order valence-corrected chi connectivity index (χ3v) is 1.81. The molecule has 5 heteroatoms. The van der Waals surface area contributed by atoms with Crippen LogP contribution in [0.25, 0.3) is 0 Å². The van der Waals surface area contributed by atoms with Gasteiger partial charge < -0.3 is 15.0 Å². The van der Waals surface area contributed by atoms with Crippen LogP contribution < -0.4 is 5.11 Å². The van der Waals surface area contributed by atoms with E-state index in [0.717, 1.165) is 0 Å². The van der Waals surface area contributed by atoms with E-state index >= 15 is 0 Å². The van der Waals surface area contributed by atoms with Crippen molar-refractivity contribution in [3.8, 4) is 0 Å².